The molecule has 0 spiro atoms. The Bertz CT molecular complexity index is 638. The number of hydrogen-bond acceptors (Lipinski definition) is 6. The Morgan fingerprint density at radius 2 is 1.96 bits per heavy atom. The number of aliphatic hydroxyl groups is 1. The molecule has 8 heteroatoms. The predicted molar refractivity (Wildman–Crippen MR) is 87.0 cm³/mol. The van der Waals surface area contributed by atoms with Gasteiger partial charge in [-0.1, -0.05) is 0 Å². The van der Waals surface area contributed by atoms with E-state index in [4.69, 9.17) is 9.90 Å². The zero-order chi connectivity index (χ0) is 17.4. The van der Waals surface area contributed by atoms with Gasteiger partial charge in [-0.05, 0) is 61.8 Å². The average molecular weight is 333 g/mol. The zero-order valence-electron chi connectivity index (χ0n) is 13.7. The van der Waals surface area contributed by atoms with Crippen LogP contribution in [0.2, 0.25) is 0 Å². The lowest BCUT2D eigenvalue weighted by Crippen LogP contribution is -2.21. The van der Waals surface area contributed by atoms with Crippen LogP contribution in [0.25, 0.3) is 11.4 Å². The molecule has 0 unspecified atom stereocenters. The van der Waals surface area contributed by atoms with Gasteiger partial charge in [-0.3, -0.25) is 9.78 Å². The summed E-state index contributed by atoms with van der Waals surface area (Å²) >= 11 is 0. The van der Waals surface area contributed by atoms with Gasteiger partial charge in [0, 0.05) is 24.1 Å². The van der Waals surface area contributed by atoms with Gasteiger partial charge in [-0.2, -0.15) is 4.80 Å². The quantitative estimate of drug-likeness (QED) is 0.816. The largest absolute Gasteiger partial charge is 0.483 e. The molecule has 3 rings (SSSR count). The van der Waals surface area contributed by atoms with E-state index in [1.807, 2.05) is 19.1 Å². The SMILES string of the molecule is Cc1cc(-c2nnn(C[C@H]3CC[C@H](CO)CC3)n2)ccn1.O=CO. The Kier molecular flexibility index (Phi) is 6.80. The molecular formula is C16H23N5O3. The summed E-state index contributed by atoms with van der Waals surface area (Å²) in [6.07, 6.45) is 6.24. The number of carbonyl (C=O) groups is 1. The van der Waals surface area contributed by atoms with Gasteiger partial charge in [0.25, 0.3) is 6.47 Å². The summed E-state index contributed by atoms with van der Waals surface area (Å²) in [6, 6.07) is 3.87. The van der Waals surface area contributed by atoms with E-state index in [9.17, 15) is 5.11 Å². The van der Waals surface area contributed by atoms with Crippen LogP contribution in [0.1, 0.15) is 31.4 Å². The van der Waals surface area contributed by atoms with Gasteiger partial charge in [-0.15, -0.1) is 10.2 Å². The summed E-state index contributed by atoms with van der Waals surface area (Å²) in [7, 11) is 0. The molecule has 2 N–H and O–H groups in total. The van der Waals surface area contributed by atoms with Crippen molar-refractivity contribution < 1.29 is 15.0 Å². The molecule has 8 nitrogen and oxygen atoms in total. The van der Waals surface area contributed by atoms with Crippen molar-refractivity contribution in [3.63, 3.8) is 0 Å². The Labute approximate surface area is 140 Å². The Morgan fingerprint density at radius 1 is 1.29 bits per heavy atom. The fraction of sp³-hybridized carbons (Fsp3) is 0.562. The van der Waals surface area contributed by atoms with Crippen LogP contribution in [0.3, 0.4) is 0 Å². The molecule has 130 valence electrons. The fourth-order valence-corrected chi connectivity index (χ4v) is 2.95. The standard InChI is InChI=1S/C15H21N5O.CH2O2/c1-11-8-14(6-7-16-11)15-17-19-20(18-15)9-12-2-4-13(10-21)5-3-12;2-1-3/h6-8,12-13,21H,2-5,9-10H2,1H3;1H,(H,2,3)/t12-,13-;. The number of hydrogen-bond donors (Lipinski definition) is 2. The first-order chi connectivity index (χ1) is 11.7. The van der Waals surface area contributed by atoms with E-state index in [0.717, 1.165) is 43.5 Å². The third-order valence-electron chi connectivity index (χ3n) is 4.25. The molecule has 1 aliphatic carbocycles. The highest BCUT2D eigenvalue weighted by atomic mass is 16.3. The molecule has 2 aromatic rings. The number of pyridine rings is 1. The van der Waals surface area contributed by atoms with E-state index < -0.39 is 0 Å². The molecule has 0 saturated heterocycles. The minimum atomic E-state index is -0.250. The number of tetrazole rings is 1. The minimum absolute atomic E-state index is 0.250. The van der Waals surface area contributed by atoms with E-state index in [-0.39, 0.29) is 6.47 Å². The van der Waals surface area contributed by atoms with Crippen molar-refractivity contribution in [1.29, 1.82) is 0 Å². The summed E-state index contributed by atoms with van der Waals surface area (Å²) in [5, 5.41) is 28.8. The number of rotatable bonds is 4. The van der Waals surface area contributed by atoms with Crippen molar-refractivity contribution in [1.82, 2.24) is 25.2 Å². The number of carboxylic acid groups (broad SMARTS) is 1. The monoisotopic (exact) mass is 333 g/mol. The maximum absolute atomic E-state index is 9.17. The second-order valence-corrected chi connectivity index (χ2v) is 6.03. The molecule has 1 aliphatic rings. The van der Waals surface area contributed by atoms with Crippen LogP contribution in [-0.4, -0.2) is 48.5 Å². The van der Waals surface area contributed by atoms with Crippen LogP contribution in [0, 0.1) is 18.8 Å². The highest BCUT2D eigenvalue weighted by molar-refractivity contribution is 5.53. The van der Waals surface area contributed by atoms with Crippen molar-refractivity contribution in [2.75, 3.05) is 6.61 Å². The van der Waals surface area contributed by atoms with Crippen molar-refractivity contribution in [2.24, 2.45) is 11.8 Å². The smallest absolute Gasteiger partial charge is 0.290 e. The molecule has 24 heavy (non-hydrogen) atoms. The van der Waals surface area contributed by atoms with Gasteiger partial charge < -0.3 is 10.2 Å². The summed E-state index contributed by atoms with van der Waals surface area (Å²) in [5.74, 6) is 1.74. The molecule has 0 radical (unpaired) electrons. The first kappa shape index (κ1) is 18.0. The van der Waals surface area contributed by atoms with Gasteiger partial charge in [0.1, 0.15) is 0 Å². The van der Waals surface area contributed by atoms with Gasteiger partial charge in [0.2, 0.25) is 5.82 Å². The summed E-state index contributed by atoms with van der Waals surface area (Å²) in [5.41, 5.74) is 1.91. The molecule has 0 atom stereocenters. The lowest BCUT2D eigenvalue weighted by atomic mass is 9.82. The number of aliphatic hydroxyl groups excluding tert-OH is 1. The van der Waals surface area contributed by atoms with Crippen LogP contribution in [-0.2, 0) is 11.3 Å². The Morgan fingerprint density at radius 3 is 2.58 bits per heavy atom. The molecule has 2 aromatic heterocycles. The first-order valence-corrected chi connectivity index (χ1v) is 8.05. The lowest BCUT2D eigenvalue weighted by Gasteiger charge is -2.26. The third kappa shape index (κ3) is 5.09. The van der Waals surface area contributed by atoms with Gasteiger partial charge in [0.15, 0.2) is 0 Å². The van der Waals surface area contributed by atoms with E-state index in [1.54, 1.807) is 11.0 Å². The number of aromatic nitrogens is 5. The molecule has 0 aromatic carbocycles. The molecule has 0 bridgehead atoms. The van der Waals surface area contributed by atoms with Crippen molar-refractivity contribution in [2.45, 2.75) is 39.2 Å². The summed E-state index contributed by atoms with van der Waals surface area (Å²) < 4.78 is 0. The van der Waals surface area contributed by atoms with E-state index >= 15 is 0 Å². The molecular weight excluding hydrogens is 310 g/mol. The molecule has 1 saturated carbocycles. The van der Waals surface area contributed by atoms with E-state index in [1.165, 1.54) is 0 Å². The van der Waals surface area contributed by atoms with Crippen LogP contribution >= 0.6 is 0 Å². The minimum Gasteiger partial charge on any atom is -0.483 e. The van der Waals surface area contributed by atoms with Gasteiger partial charge in [0.05, 0.1) is 6.54 Å². The van der Waals surface area contributed by atoms with Crippen LogP contribution in [0.15, 0.2) is 18.3 Å². The molecule has 2 heterocycles. The maximum atomic E-state index is 9.17. The van der Waals surface area contributed by atoms with Gasteiger partial charge >= 0.3 is 0 Å². The summed E-state index contributed by atoms with van der Waals surface area (Å²) in [6.45, 7) is 2.84. The molecule has 1 fully saturated rings. The van der Waals surface area contributed by atoms with Crippen molar-refractivity contribution in [3.8, 4) is 11.4 Å². The van der Waals surface area contributed by atoms with E-state index in [2.05, 4.69) is 20.4 Å². The Hall–Kier alpha value is -2.35. The zero-order valence-corrected chi connectivity index (χ0v) is 13.7. The highest BCUT2D eigenvalue weighted by Crippen LogP contribution is 2.29. The van der Waals surface area contributed by atoms with Crippen LogP contribution in [0.4, 0.5) is 0 Å². The third-order valence-corrected chi connectivity index (χ3v) is 4.25. The van der Waals surface area contributed by atoms with Crippen molar-refractivity contribution in [3.05, 3.63) is 24.0 Å². The van der Waals surface area contributed by atoms with Crippen LogP contribution < -0.4 is 0 Å². The second kappa shape index (κ2) is 9.07. The number of aryl methyl sites for hydroxylation is 1. The van der Waals surface area contributed by atoms with Crippen LogP contribution in [0.5, 0.6) is 0 Å². The highest BCUT2D eigenvalue weighted by Gasteiger charge is 2.21. The lowest BCUT2D eigenvalue weighted by molar-refractivity contribution is -0.122. The normalized spacial score (nSPS) is 20.1. The number of nitrogens with zero attached hydrogens (tertiary/aromatic N) is 5. The van der Waals surface area contributed by atoms with E-state index in [0.29, 0.717) is 24.3 Å². The predicted octanol–water partition coefficient (Wildman–Crippen LogP) is 1.54. The molecule has 0 aliphatic heterocycles. The topological polar surface area (TPSA) is 114 Å². The van der Waals surface area contributed by atoms with Crippen molar-refractivity contribution >= 4 is 6.47 Å². The maximum Gasteiger partial charge on any atom is 0.290 e. The molecule has 0 amide bonds. The fourth-order valence-electron chi connectivity index (χ4n) is 2.95. The average Bonchev–Trinajstić information content (AvgIpc) is 3.05. The second-order valence-electron chi connectivity index (χ2n) is 6.03. The van der Waals surface area contributed by atoms with Gasteiger partial charge in [-0.25, -0.2) is 0 Å². The first-order valence-electron chi connectivity index (χ1n) is 8.05. The Balaban J connectivity index is 0.000000647. The summed E-state index contributed by atoms with van der Waals surface area (Å²) in [4.78, 5) is 14.2.